The van der Waals surface area contributed by atoms with Crippen LogP contribution >= 0.6 is 0 Å². The Balaban J connectivity index is 1.32. The number of pyridine rings is 1. The van der Waals surface area contributed by atoms with Gasteiger partial charge < -0.3 is 14.4 Å². The Labute approximate surface area is 176 Å². The molecule has 5 heteroatoms. The lowest BCUT2D eigenvalue weighted by atomic mass is 9.90. The van der Waals surface area contributed by atoms with E-state index in [2.05, 4.69) is 17.6 Å². The number of rotatable bonds is 6. The van der Waals surface area contributed by atoms with Gasteiger partial charge in [0.05, 0.1) is 0 Å². The predicted octanol–water partition coefficient (Wildman–Crippen LogP) is 5.56. The van der Waals surface area contributed by atoms with Crippen molar-refractivity contribution in [3.63, 3.8) is 0 Å². The van der Waals surface area contributed by atoms with Gasteiger partial charge in [-0.1, -0.05) is 30.8 Å². The van der Waals surface area contributed by atoms with Gasteiger partial charge in [-0.15, -0.1) is 0 Å². The second-order valence-corrected chi connectivity index (χ2v) is 7.22. The van der Waals surface area contributed by atoms with Gasteiger partial charge in [-0.2, -0.15) is 0 Å². The van der Waals surface area contributed by atoms with Crippen LogP contribution in [0.1, 0.15) is 24.3 Å². The van der Waals surface area contributed by atoms with Crippen molar-refractivity contribution >= 4 is 5.91 Å². The average molecular weight is 400 g/mol. The summed E-state index contributed by atoms with van der Waals surface area (Å²) in [6.45, 7) is 5.07. The summed E-state index contributed by atoms with van der Waals surface area (Å²) >= 11 is 0. The smallest absolute Gasteiger partial charge is 0.245 e. The molecule has 0 bridgehead atoms. The average Bonchev–Trinajstić information content (AvgIpc) is 2.81. The fourth-order valence-corrected chi connectivity index (χ4v) is 3.58. The van der Waals surface area contributed by atoms with E-state index in [0.717, 1.165) is 37.4 Å². The first-order valence-electron chi connectivity index (χ1n) is 10.1. The van der Waals surface area contributed by atoms with Crippen LogP contribution in [-0.4, -0.2) is 28.9 Å². The highest BCUT2D eigenvalue weighted by Gasteiger charge is 2.22. The summed E-state index contributed by atoms with van der Waals surface area (Å²) < 4.78 is 11.7. The number of piperidine rings is 1. The number of benzene rings is 2. The van der Waals surface area contributed by atoms with Gasteiger partial charge in [0.15, 0.2) is 0 Å². The Kier molecular flexibility index (Phi) is 6.09. The summed E-state index contributed by atoms with van der Waals surface area (Å²) in [4.78, 5) is 18.0. The monoisotopic (exact) mass is 400 g/mol. The first kappa shape index (κ1) is 19.7. The maximum absolute atomic E-state index is 11.7. The highest BCUT2D eigenvalue weighted by Crippen LogP contribution is 2.30. The highest BCUT2D eigenvalue weighted by molar-refractivity contribution is 5.87. The fraction of sp³-hybridized carbons (Fsp3) is 0.200. The van der Waals surface area contributed by atoms with E-state index in [0.29, 0.717) is 17.5 Å². The van der Waals surface area contributed by atoms with Gasteiger partial charge in [0.25, 0.3) is 0 Å². The van der Waals surface area contributed by atoms with Crippen LogP contribution in [0.5, 0.6) is 23.1 Å². The van der Waals surface area contributed by atoms with Gasteiger partial charge in [-0.3, -0.25) is 4.79 Å². The molecule has 0 aliphatic carbocycles. The molecule has 2 heterocycles. The van der Waals surface area contributed by atoms with Crippen LogP contribution in [0.4, 0.5) is 0 Å². The highest BCUT2D eigenvalue weighted by atomic mass is 16.5. The number of ether oxygens (including phenoxy) is 2. The van der Waals surface area contributed by atoms with Crippen LogP contribution in [-0.2, 0) is 4.79 Å². The maximum atomic E-state index is 11.7. The molecule has 2 aromatic carbocycles. The second-order valence-electron chi connectivity index (χ2n) is 7.22. The largest absolute Gasteiger partial charge is 0.457 e. The number of hydrogen-bond donors (Lipinski definition) is 0. The first-order valence-corrected chi connectivity index (χ1v) is 10.1. The number of carbonyl (C=O) groups excluding carboxylic acids is 1. The molecule has 1 aromatic heterocycles. The lowest BCUT2D eigenvalue weighted by molar-refractivity contribution is -0.127. The molecular formula is C25H24N2O3. The third-order valence-corrected chi connectivity index (χ3v) is 5.24. The minimum Gasteiger partial charge on any atom is -0.457 e. The molecule has 0 spiro atoms. The van der Waals surface area contributed by atoms with Crippen LogP contribution in [0.15, 0.2) is 85.6 Å². The van der Waals surface area contributed by atoms with Gasteiger partial charge in [-0.25, -0.2) is 4.98 Å². The van der Waals surface area contributed by atoms with E-state index in [1.54, 1.807) is 0 Å². The van der Waals surface area contributed by atoms with E-state index in [1.165, 1.54) is 11.6 Å². The van der Waals surface area contributed by atoms with Crippen LogP contribution in [0.25, 0.3) is 0 Å². The van der Waals surface area contributed by atoms with Crippen LogP contribution in [0.3, 0.4) is 0 Å². The third-order valence-electron chi connectivity index (χ3n) is 5.24. The SMILES string of the molecule is C=CC(=O)N1CCC(c2ccc(Oc3ccc(Oc4ccccc4)cc3)nc2)CC1. The standard InChI is InChI=1S/C25H24N2O3/c1-2-25(28)27-16-14-19(15-17-27)20-8-13-24(26-18-20)30-23-11-9-22(10-12-23)29-21-6-4-3-5-7-21/h2-13,18-19H,1,14-17H2. The van der Waals surface area contributed by atoms with Crippen molar-refractivity contribution in [2.24, 2.45) is 0 Å². The van der Waals surface area contributed by atoms with Crippen molar-refractivity contribution in [3.05, 3.63) is 91.1 Å². The Morgan fingerprint density at radius 3 is 2.13 bits per heavy atom. The summed E-state index contributed by atoms with van der Waals surface area (Å²) in [6, 6.07) is 21.1. The number of nitrogens with zero attached hydrogens (tertiary/aromatic N) is 2. The fourth-order valence-electron chi connectivity index (χ4n) is 3.58. The van der Waals surface area contributed by atoms with E-state index in [-0.39, 0.29) is 5.91 Å². The lowest BCUT2D eigenvalue weighted by Crippen LogP contribution is -2.36. The minimum atomic E-state index is 0.00973. The zero-order valence-corrected chi connectivity index (χ0v) is 16.7. The molecule has 1 aliphatic heterocycles. The number of carbonyl (C=O) groups is 1. The Hall–Kier alpha value is -3.60. The summed E-state index contributed by atoms with van der Waals surface area (Å²) in [7, 11) is 0. The molecule has 5 nitrogen and oxygen atoms in total. The molecule has 0 radical (unpaired) electrons. The zero-order chi connectivity index (χ0) is 20.8. The summed E-state index contributed by atoms with van der Waals surface area (Å²) in [5.74, 6) is 3.22. The number of likely N-dealkylation sites (tertiary alicyclic amines) is 1. The van der Waals surface area contributed by atoms with Gasteiger partial charge in [0, 0.05) is 25.4 Å². The molecule has 3 aromatic rings. The quantitative estimate of drug-likeness (QED) is 0.509. The van der Waals surface area contributed by atoms with Crippen molar-refractivity contribution in [2.45, 2.75) is 18.8 Å². The zero-order valence-electron chi connectivity index (χ0n) is 16.7. The molecule has 1 amide bonds. The Morgan fingerprint density at radius 1 is 0.900 bits per heavy atom. The number of hydrogen-bond acceptors (Lipinski definition) is 4. The molecular weight excluding hydrogens is 376 g/mol. The Morgan fingerprint density at radius 2 is 1.53 bits per heavy atom. The predicted molar refractivity (Wildman–Crippen MR) is 116 cm³/mol. The van der Waals surface area contributed by atoms with Crippen molar-refractivity contribution in [3.8, 4) is 23.1 Å². The molecule has 1 aliphatic rings. The molecule has 0 unspecified atom stereocenters. The summed E-state index contributed by atoms with van der Waals surface area (Å²) in [5.41, 5.74) is 1.18. The van der Waals surface area contributed by atoms with Crippen molar-refractivity contribution in [2.75, 3.05) is 13.1 Å². The molecule has 30 heavy (non-hydrogen) atoms. The van der Waals surface area contributed by atoms with Gasteiger partial charge in [-0.05, 0) is 66.8 Å². The van der Waals surface area contributed by atoms with Crippen LogP contribution in [0, 0.1) is 0 Å². The summed E-state index contributed by atoms with van der Waals surface area (Å²) in [5, 5.41) is 0. The normalized spacial score (nSPS) is 14.2. The van der Waals surface area contributed by atoms with E-state index < -0.39 is 0 Å². The Bertz CT molecular complexity index is 977. The number of para-hydroxylation sites is 1. The topological polar surface area (TPSA) is 51.7 Å². The van der Waals surface area contributed by atoms with Crippen molar-refractivity contribution < 1.29 is 14.3 Å². The van der Waals surface area contributed by atoms with Gasteiger partial charge in [0.1, 0.15) is 17.2 Å². The first-order chi connectivity index (χ1) is 14.7. The molecule has 0 N–H and O–H groups in total. The molecule has 152 valence electrons. The van der Waals surface area contributed by atoms with Crippen LogP contribution < -0.4 is 9.47 Å². The molecule has 0 atom stereocenters. The van der Waals surface area contributed by atoms with Crippen molar-refractivity contribution in [1.82, 2.24) is 9.88 Å². The second kappa shape index (κ2) is 9.27. The molecule has 4 rings (SSSR count). The number of amides is 1. The van der Waals surface area contributed by atoms with Crippen LogP contribution in [0.2, 0.25) is 0 Å². The van der Waals surface area contributed by atoms with E-state index in [9.17, 15) is 4.79 Å². The maximum Gasteiger partial charge on any atom is 0.245 e. The third kappa shape index (κ3) is 4.87. The van der Waals surface area contributed by atoms with Gasteiger partial charge in [0.2, 0.25) is 11.8 Å². The van der Waals surface area contributed by atoms with Crippen molar-refractivity contribution in [1.29, 1.82) is 0 Å². The van der Waals surface area contributed by atoms with E-state index >= 15 is 0 Å². The van der Waals surface area contributed by atoms with E-state index in [4.69, 9.17) is 9.47 Å². The molecule has 1 fully saturated rings. The number of aromatic nitrogens is 1. The molecule has 0 saturated carbocycles. The molecule has 1 saturated heterocycles. The minimum absolute atomic E-state index is 0.00973. The lowest BCUT2D eigenvalue weighted by Gasteiger charge is -2.31. The summed E-state index contributed by atoms with van der Waals surface area (Å²) in [6.07, 6.45) is 5.13. The van der Waals surface area contributed by atoms with E-state index in [1.807, 2.05) is 71.8 Å². The van der Waals surface area contributed by atoms with Gasteiger partial charge >= 0.3 is 0 Å².